The minimum Gasteiger partial charge on any atom is -0.458 e. The van der Waals surface area contributed by atoms with Crippen LogP contribution >= 0.6 is 0 Å². The van der Waals surface area contributed by atoms with Crippen LogP contribution in [0.3, 0.4) is 0 Å². The first-order valence-electron chi connectivity index (χ1n) is 14.4. The normalized spacial score (nSPS) is 14.3. The number of carbonyl (C=O) groups excluding carboxylic acids is 4. The highest BCUT2D eigenvalue weighted by atomic mass is 16.6. The van der Waals surface area contributed by atoms with Crippen molar-refractivity contribution in [3.8, 4) is 11.1 Å². The molecule has 0 unspecified atom stereocenters. The van der Waals surface area contributed by atoms with E-state index in [1.165, 1.54) is 13.8 Å². The molecule has 0 spiro atoms. The van der Waals surface area contributed by atoms with Crippen LogP contribution in [0.15, 0.2) is 78.9 Å². The van der Waals surface area contributed by atoms with Crippen LogP contribution in [0.1, 0.15) is 57.2 Å². The van der Waals surface area contributed by atoms with Crippen molar-refractivity contribution in [2.75, 3.05) is 6.61 Å². The Hall–Kier alpha value is -4.66. The van der Waals surface area contributed by atoms with Crippen molar-refractivity contribution in [1.82, 2.24) is 16.0 Å². The van der Waals surface area contributed by atoms with E-state index in [1.807, 2.05) is 66.7 Å². The first-order valence-corrected chi connectivity index (χ1v) is 14.4. The van der Waals surface area contributed by atoms with E-state index >= 15 is 0 Å². The molecule has 0 saturated carbocycles. The van der Waals surface area contributed by atoms with Gasteiger partial charge in [-0.05, 0) is 62.4 Å². The van der Waals surface area contributed by atoms with E-state index in [1.54, 1.807) is 20.8 Å². The van der Waals surface area contributed by atoms with Crippen LogP contribution in [0, 0.1) is 0 Å². The summed E-state index contributed by atoms with van der Waals surface area (Å²) in [6.07, 6.45) is -0.566. The molecule has 9 heteroatoms. The van der Waals surface area contributed by atoms with Crippen molar-refractivity contribution < 1.29 is 28.7 Å². The number of esters is 1. The Morgan fingerprint density at radius 2 is 1.28 bits per heavy atom. The standard InChI is InChI=1S/C34H39N3O6/c1-21(36-33(41)42-20-28-26-17-11-9-15-24(26)25-16-10-12-18-27(25)28)30(38)37-29(19-23-13-7-6-8-14-23)31(39)35-22(2)32(40)43-34(3,4)5/h6-18,21-22,28-29H,19-20H2,1-5H3,(H,35,39)(H,36,41)(H,37,38)/t21-,22-,29-/m0/s1. The van der Waals surface area contributed by atoms with Gasteiger partial charge in [0.1, 0.15) is 30.3 Å². The van der Waals surface area contributed by atoms with Crippen LogP contribution in [-0.2, 0) is 30.3 Å². The number of fused-ring (bicyclic) bond motifs is 3. The first-order chi connectivity index (χ1) is 20.4. The summed E-state index contributed by atoms with van der Waals surface area (Å²) in [5, 5.41) is 7.91. The summed E-state index contributed by atoms with van der Waals surface area (Å²) in [5.74, 6) is -1.83. The van der Waals surface area contributed by atoms with Gasteiger partial charge in [-0.2, -0.15) is 0 Å². The molecule has 0 aromatic heterocycles. The number of rotatable bonds is 10. The molecular weight excluding hydrogens is 546 g/mol. The Labute approximate surface area is 252 Å². The smallest absolute Gasteiger partial charge is 0.407 e. The lowest BCUT2D eigenvalue weighted by Crippen LogP contribution is -2.55. The highest BCUT2D eigenvalue weighted by Crippen LogP contribution is 2.44. The molecule has 0 heterocycles. The fourth-order valence-corrected chi connectivity index (χ4v) is 5.00. The van der Waals surface area contributed by atoms with Crippen molar-refractivity contribution in [3.63, 3.8) is 0 Å². The van der Waals surface area contributed by atoms with Gasteiger partial charge in [0, 0.05) is 12.3 Å². The van der Waals surface area contributed by atoms with E-state index in [2.05, 4.69) is 28.1 Å². The Morgan fingerprint density at radius 3 is 1.86 bits per heavy atom. The molecule has 9 nitrogen and oxygen atoms in total. The minimum absolute atomic E-state index is 0.107. The van der Waals surface area contributed by atoms with E-state index < -0.39 is 47.6 Å². The number of carbonyl (C=O) groups is 4. The Balaban J connectivity index is 1.36. The number of hydrogen-bond acceptors (Lipinski definition) is 6. The second kappa shape index (κ2) is 13.5. The lowest BCUT2D eigenvalue weighted by Gasteiger charge is -2.25. The highest BCUT2D eigenvalue weighted by molar-refractivity contribution is 5.93. The lowest BCUT2D eigenvalue weighted by molar-refractivity contribution is -0.158. The SMILES string of the molecule is C[C@H](NC(=O)OCC1c2ccccc2-c2ccccc21)C(=O)N[C@@H](Cc1ccccc1)C(=O)N[C@@H](C)C(=O)OC(C)(C)C. The number of nitrogens with one attached hydrogen (secondary N) is 3. The van der Waals surface area contributed by atoms with Crippen LogP contribution < -0.4 is 16.0 Å². The van der Waals surface area contributed by atoms with Gasteiger partial charge in [-0.15, -0.1) is 0 Å². The fraction of sp³-hybridized carbons (Fsp3) is 0.353. The molecule has 0 radical (unpaired) electrons. The number of alkyl carbamates (subject to hydrolysis) is 1. The molecule has 4 rings (SSSR count). The molecule has 3 aromatic carbocycles. The third kappa shape index (κ3) is 8.22. The molecule has 3 amide bonds. The van der Waals surface area contributed by atoms with E-state index in [0.29, 0.717) is 0 Å². The van der Waals surface area contributed by atoms with Crippen molar-refractivity contribution >= 4 is 23.9 Å². The maximum Gasteiger partial charge on any atom is 0.407 e. The van der Waals surface area contributed by atoms with Crippen molar-refractivity contribution in [2.45, 2.75) is 70.7 Å². The van der Waals surface area contributed by atoms with Gasteiger partial charge in [0.15, 0.2) is 0 Å². The van der Waals surface area contributed by atoms with E-state index in [4.69, 9.17) is 9.47 Å². The Kier molecular flexibility index (Phi) is 9.85. The van der Waals surface area contributed by atoms with Gasteiger partial charge in [-0.1, -0.05) is 78.9 Å². The molecule has 3 N–H and O–H groups in total. The summed E-state index contributed by atoms with van der Waals surface area (Å²) < 4.78 is 10.9. The minimum atomic E-state index is -1.01. The van der Waals surface area contributed by atoms with Crippen LogP contribution in [0.5, 0.6) is 0 Å². The zero-order valence-electron chi connectivity index (χ0n) is 25.2. The average Bonchev–Trinajstić information content (AvgIpc) is 3.28. The van der Waals surface area contributed by atoms with Gasteiger partial charge < -0.3 is 25.4 Å². The van der Waals surface area contributed by atoms with Gasteiger partial charge in [-0.3, -0.25) is 9.59 Å². The zero-order chi connectivity index (χ0) is 31.1. The molecule has 1 aliphatic rings. The van der Waals surface area contributed by atoms with Crippen LogP contribution in [-0.4, -0.2) is 54.2 Å². The van der Waals surface area contributed by atoms with Crippen LogP contribution in [0.25, 0.3) is 11.1 Å². The Morgan fingerprint density at radius 1 is 0.721 bits per heavy atom. The van der Waals surface area contributed by atoms with Gasteiger partial charge in [0.05, 0.1) is 0 Å². The van der Waals surface area contributed by atoms with Gasteiger partial charge in [-0.25, -0.2) is 9.59 Å². The molecule has 226 valence electrons. The number of hydrogen-bond donors (Lipinski definition) is 3. The molecular formula is C34H39N3O6. The first kappa shape index (κ1) is 31.3. The van der Waals surface area contributed by atoms with E-state index in [9.17, 15) is 19.2 Å². The van der Waals surface area contributed by atoms with E-state index in [-0.39, 0.29) is 18.9 Å². The molecule has 3 atom stereocenters. The molecule has 3 aromatic rings. The van der Waals surface area contributed by atoms with Crippen molar-refractivity contribution in [1.29, 1.82) is 0 Å². The summed E-state index contributed by atoms with van der Waals surface area (Å²) in [4.78, 5) is 51.5. The highest BCUT2D eigenvalue weighted by Gasteiger charge is 2.31. The molecule has 43 heavy (non-hydrogen) atoms. The monoisotopic (exact) mass is 585 g/mol. The quantitative estimate of drug-likeness (QED) is 0.302. The number of ether oxygens (including phenoxy) is 2. The summed E-state index contributed by atoms with van der Waals surface area (Å²) in [6, 6.07) is 22.3. The third-order valence-electron chi connectivity index (χ3n) is 7.11. The summed E-state index contributed by atoms with van der Waals surface area (Å²) in [6.45, 7) is 8.36. The number of amides is 3. The fourth-order valence-electron chi connectivity index (χ4n) is 5.00. The van der Waals surface area contributed by atoms with E-state index in [0.717, 1.165) is 27.8 Å². The van der Waals surface area contributed by atoms with Crippen molar-refractivity contribution in [2.24, 2.45) is 0 Å². The van der Waals surface area contributed by atoms with Crippen molar-refractivity contribution in [3.05, 3.63) is 95.6 Å². The average molecular weight is 586 g/mol. The molecule has 0 fully saturated rings. The van der Waals surface area contributed by atoms with Crippen LogP contribution in [0.2, 0.25) is 0 Å². The topological polar surface area (TPSA) is 123 Å². The summed E-state index contributed by atoms with van der Waals surface area (Å²) in [5.41, 5.74) is 4.49. The second-order valence-corrected chi connectivity index (χ2v) is 11.7. The largest absolute Gasteiger partial charge is 0.458 e. The molecule has 0 aliphatic heterocycles. The Bertz CT molecular complexity index is 1420. The lowest BCUT2D eigenvalue weighted by atomic mass is 9.98. The molecule has 0 bridgehead atoms. The third-order valence-corrected chi connectivity index (χ3v) is 7.11. The maximum absolute atomic E-state index is 13.2. The second-order valence-electron chi connectivity index (χ2n) is 11.7. The molecule has 1 aliphatic carbocycles. The predicted octanol–water partition coefficient (Wildman–Crippen LogP) is 4.49. The summed E-state index contributed by atoms with van der Waals surface area (Å²) >= 11 is 0. The number of benzene rings is 3. The predicted molar refractivity (Wildman–Crippen MR) is 163 cm³/mol. The van der Waals surface area contributed by atoms with Gasteiger partial charge in [0.2, 0.25) is 11.8 Å². The van der Waals surface area contributed by atoms with Gasteiger partial charge in [0.25, 0.3) is 0 Å². The summed E-state index contributed by atoms with van der Waals surface area (Å²) in [7, 11) is 0. The van der Waals surface area contributed by atoms with Gasteiger partial charge >= 0.3 is 12.1 Å². The molecule has 0 saturated heterocycles. The maximum atomic E-state index is 13.2. The van der Waals surface area contributed by atoms with Crippen LogP contribution in [0.4, 0.5) is 4.79 Å². The zero-order valence-corrected chi connectivity index (χ0v) is 25.2.